The van der Waals surface area contributed by atoms with Crippen molar-refractivity contribution in [1.82, 2.24) is 5.32 Å². The van der Waals surface area contributed by atoms with Crippen molar-refractivity contribution in [1.29, 1.82) is 0 Å². The maximum Gasteiger partial charge on any atom is 0.234 e. The molecule has 0 aromatic carbocycles. The topological polar surface area (TPSA) is 55.1 Å². The molecule has 12 heavy (non-hydrogen) atoms. The van der Waals surface area contributed by atoms with Gasteiger partial charge in [-0.3, -0.25) is 4.79 Å². The van der Waals surface area contributed by atoms with Gasteiger partial charge in [-0.2, -0.15) is 0 Å². The summed E-state index contributed by atoms with van der Waals surface area (Å²) in [6, 6.07) is -0.193. The minimum atomic E-state index is -0.270. The van der Waals surface area contributed by atoms with Crippen molar-refractivity contribution < 1.29 is 4.79 Å². The summed E-state index contributed by atoms with van der Waals surface area (Å²) in [5, 5.41) is 3.13. The van der Waals surface area contributed by atoms with Crippen molar-refractivity contribution in [3.63, 3.8) is 0 Å². The fraction of sp³-hybridized carbons (Fsp3) is 0.889. The van der Waals surface area contributed by atoms with Gasteiger partial charge < -0.3 is 11.1 Å². The molecule has 3 heteroatoms. The monoisotopic (exact) mass is 170 g/mol. The number of primary amides is 1. The Hall–Kier alpha value is -0.570. The van der Waals surface area contributed by atoms with Gasteiger partial charge in [0.05, 0.1) is 6.04 Å². The van der Waals surface area contributed by atoms with Crippen LogP contribution in [-0.2, 0) is 4.79 Å². The molecule has 0 aromatic heterocycles. The Morgan fingerprint density at radius 2 is 2.25 bits per heavy atom. The highest BCUT2D eigenvalue weighted by Crippen LogP contribution is 2.50. The standard InChI is InChI=1S/C9H18N2O/c1-6(8(10)12)11-5-7-4-9(7,2)3/h6-7,11H,4-5H2,1-3H3,(H2,10,12). The van der Waals surface area contributed by atoms with E-state index in [1.54, 1.807) is 6.92 Å². The number of nitrogens with two attached hydrogens (primary N) is 1. The number of carbonyl (C=O) groups excluding carboxylic acids is 1. The molecule has 0 saturated heterocycles. The van der Waals surface area contributed by atoms with E-state index in [0.29, 0.717) is 5.41 Å². The molecule has 0 aliphatic heterocycles. The van der Waals surface area contributed by atoms with Crippen LogP contribution in [0.15, 0.2) is 0 Å². The molecule has 70 valence electrons. The van der Waals surface area contributed by atoms with Gasteiger partial charge in [0.2, 0.25) is 5.91 Å². The first kappa shape index (κ1) is 9.52. The quantitative estimate of drug-likeness (QED) is 0.645. The SMILES string of the molecule is CC(NCC1CC1(C)C)C(N)=O. The first-order valence-corrected chi connectivity index (χ1v) is 4.46. The zero-order valence-electron chi connectivity index (χ0n) is 8.05. The predicted molar refractivity (Wildman–Crippen MR) is 48.5 cm³/mol. The Balaban J connectivity index is 2.15. The highest BCUT2D eigenvalue weighted by molar-refractivity contribution is 5.79. The number of rotatable bonds is 4. The van der Waals surface area contributed by atoms with Crippen molar-refractivity contribution in [3.05, 3.63) is 0 Å². The fourth-order valence-corrected chi connectivity index (χ4v) is 1.34. The number of amides is 1. The van der Waals surface area contributed by atoms with Gasteiger partial charge >= 0.3 is 0 Å². The van der Waals surface area contributed by atoms with Gasteiger partial charge in [-0.1, -0.05) is 13.8 Å². The van der Waals surface area contributed by atoms with E-state index in [0.717, 1.165) is 12.5 Å². The smallest absolute Gasteiger partial charge is 0.234 e. The van der Waals surface area contributed by atoms with Gasteiger partial charge in [0.15, 0.2) is 0 Å². The van der Waals surface area contributed by atoms with Gasteiger partial charge in [-0.25, -0.2) is 0 Å². The van der Waals surface area contributed by atoms with Crippen molar-refractivity contribution in [2.75, 3.05) is 6.54 Å². The van der Waals surface area contributed by atoms with Crippen molar-refractivity contribution in [3.8, 4) is 0 Å². The van der Waals surface area contributed by atoms with Crippen molar-refractivity contribution >= 4 is 5.91 Å². The van der Waals surface area contributed by atoms with Crippen LogP contribution >= 0.6 is 0 Å². The fourth-order valence-electron chi connectivity index (χ4n) is 1.34. The maximum atomic E-state index is 10.7. The second kappa shape index (κ2) is 3.05. The Kier molecular flexibility index (Phi) is 2.42. The molecular formula is C9H18N2O. The summed E-state index contributed by atoms with van der Waals surface area (Å²) in [7, 11) is 0. The third-order valence-corrected chi connectivity index (χ3v) is 2.81. The number of carbonyl (C=O) groups is 1. The van der Waals surface area contributed by atoms with Crippen molar-refractivity contribution in [2.24, 2.45) is 17.1 Å². The predicted octanol–water partition coefficient (Wildman–Crippen LogP) is 0.496. The van der Waals surface area contributed by atoms with Crippen molar-refractivity contribution in [2.45, 2.75) is 33.2 Å². The minimum Gasteiger partial charge on any atom is -0.368 e. The molecule has 2 unspecified atom stereocenters. The van der Waals surface area contributed by atoms with E-state index in [1.807, 2.05) is 0 Å². The average molecular weight is 170 g/mol. The number of nitrogens with one attached hydrogen (secondary N) is 1. The summed E-state index contributed by atoms with van der Waals surface area (Å²) >= 11 is 0. The Bertz CT molecular complexity index is 189. The van der Waals surface area contributed by atoms with Crippen LogP contribution in [0.3, 0.4) is 0 Å². The van der Waals surface area contributed by atoms with Crippen LogP contribution in [0.4, 0.5) is 0 Å². The lowest BCUT2D eigenvalue weighted by atomic mass is 10.1. The summed E-state index contributed by atoms with van der Waals surface area (Å²) in [5.41, 5.74) is 5.59. The number of hydrogen-bond acceptors (Lipinski definition) is 2. The summed E-state index contributed by atoms with van der Waals surface area (Å²) in [5.74, 6) is 0.452. The molecule has 0 radical (unpaired) electrons. The first-order valence-electron chi connectivity index (χ1n) is 4.46. The Morgan fingerprint density at radius 3 is 2.58 bits per heavy atom. The van der Waals surface area contributed by atoms with Crippen LogP contribution in [0.2, 0.25) is 0 Å². The van der Waals surface area contributed by atoms with Gasteiger partial charge in [0.1, 0.15) is 0 Å². The highest BCUT2D eigenvalue weighted by atomic mass is 16.1. The van der Waals surface area contributed by atoms with Gasteiger partial charge in [0, 0.05) is 0 Å². The van der Waals surface area contributed by atoms with Crippen LogP contribution in [0.1, 0.15) is 27.2 Å². The molecule has 0 heterocycles. The van der Waals surface area contributed by atoms with E-state index in [-0.39, 0.29) is 11.9 Å². The van der Waals surface area contributed by atoms with E-state index < -0.39 is 0 Å². The molecule has 2 atom stereocenters. The number of hydrogen-bond donors (Lipinski definition) is 2. The molecule has 1 aliphatic rings. The summed E-state index contributed by atoms with van der Waals surface area (Å²) in [4.78, 5) is 10.7. The van der Waals surface area contributed by atoms with E-state index in [9.17, 15) is 4.79 Å². The largest absolute Gasteiger partial charge is 0.368 e. The molecular weight excluding hydrogens is 152 g/mol. The zero-order chi connectivity index (χ0) is 9.35. The molecule has 3 nitrogen and oxygen atoms in total. The first-order chi connectivity index (χ1) is 5.43. The van der Waals surface area contributed by atoms with Crippen LogP contribution in [-0.4, -0.2) is 18.5 Å². The van der Waals surface area contributed by atoms with Crippen LogP contribution in [0.25, 0.3) is 0 Å². The molecule has 3 N–H and O–H groups in total. The lowest BCUT2D eigenvalue weighted by Gasteiger charge is -2.10. The van der Waals surface area contributed by atoms with Crippen LogP contribution < -0.4 is 11.1 Å². The summed E-state index contributed by atoms with van der Waals surface area (Å²) in [6.45, 7) is 7.21. The second-order valence-electron chi connectivity index (χ2n) is 4.42. The molecule has 1 aliphatic carbocycles. The molecule has 1 saturated carbocycles. The normalized spacial score (nSPS) is 28.1. The Labute approximate surface area is 73.7 Å². The lowest BCUT2D eigenvalue weighted by molar-refractivity contribution is -0.119. The average Bonchev–Trinajstić information content (AvgIpc) is 2.54. The molecule has 0 aromatic rings. The third kappa shape index (κ3) is 2.21. The zero-order valence-corrected chi connectivity index (χ0v) is 8.05. The van der Waals surface area contributed by atoms with E-state index in [1.165, 1.54) is 6.42 Å². The van der Waals surface area contributed by atoms with Crippen LogP contribution in [0.5, 0.6) is 0 Å². The lowest BCUT2D eigenvalue weighted by Crippen LogP contribution is -2.39. The molecule has 1 fully saturated rings. The van der Waals surface area contributed by atoms with Gasteiger partial charge in [-0.15, -0.1) is 0 Å². The molecule has 1 rings (SSSR count). The maximum absolute atomic E-state index is 10.7. The molecule has 1 amide bonds. The van der Waals surface area contributed by atoms with E-state index in [4.69, 9.17) is 5.73 Å². The highest BCUT2D eigenvalue weighted by Gasteiger charge is 2.45. The van der Waals surface area contributed by atoms with Gasteiger partial charge in [-0.05, 0) is 31.2 Å². The Morgan fingerprint density at radius 1 is 1.75 bits per heavy atom. The van der Waals surface area contributed by atoms with E-state index in [2.05, 4.69) is 19.2 Å². The molecule has 0 spiro atoms. The molecule has 0 bridgehead atoms. The third-order valence-electron chi connectivity index (χ3n) is 2.81. The summed E-state index contributed by atoms with van der Waals surface area (Å²) in [6.07, 6.45) is 1.26. The second-order valence-corrected chi connectivity index (χ2v) is 4.42. The van der Waals surface area contributed by atoms with Gasteiger partial charge in [0.25, 0.3) is 0 Å². The van der Waals surface area contributed by atoms with E-state index >= 15 is 0 Å². The minimum absolute atomic E-state index is 0.193. The summed E-state index contributed by atoms with van der Waals surface area (Å²) < 4.78 is 0. The van der Waals surface area contributed by atoms with Crippen LogP contribution in [0, 0.1) is 11.3 Å².